The summed E-state index contributed by atoms with van der Waals surface area (Å²) in [4.78, 5) is 27.5. The number of likely N-dealkylation sites (tertiary alicyclic amines) is 1. The number of anilines is 1. The fourth-order valence-electron chi connectivity index (χ4n) is 4.55. The van der Waals surface area contributed by atoms with Crippen molar-refractivity contribution in [1.82, 2.24) is 19.8 Å². The zero-order valence-electron chi connectivity index (χ0n) is 19.5. The maximum absolute atomic E-state index is 12.3. The molecule has 2 atom stereocenters. The molecule has 1 fully saturated rings. The molecule has 8 heteroatoms. The third kappa shape index (κ3) is 5.12. The molecule has 0 saturated carbocycles. The number of piperidine rings is 1. The van der Waals surface area contributed by atoms with E-state index in [9.17, 15) is 4.79 Å². The number of ether oxygens (including phenoxy) is 2. The number of carbonyl (C=O) groups is 1. The van der Waals surface area contributed by atoms with Crippen molar-refractivity contribution in [2.24, 2.45) is 5.92 Å². The summed E-state index contributed by atoms with van der Waals surface area (Å²) < 4.78 is 11.9. The van der Waals surface area contributed by atoms with Crippen LogP contribution in [0.5, 0.6) is 11.5 Å². The average molecular weight is 440 g/mol. The maximum atomic E-state index is 12.3. The van der Waals surface area contributed by atoms with Crippen molar-refractivity contribution in [3.05, 3.63) is 41.7 Å². The van der Waals surface area contributed by atoms with E-state index in [1.54, 1.807) is 14.0 Å². The number of nitrogens with zero attached hydrogens (tertiary/aromatic N) is 5. The second-order valence-electron chi connectivity index (χ2n) is 8.95. The van der Waals surface area contributed by atoms with Gasteiger partial charge in [-0.15, -0.1) is 0 Å². The number of hydrogen-bond donors (Lipinski definition) is 0. The fraction of sp³-hybridized carbons (Fsp3) is 0.542. The molecular formula is C24H33N5O3. The molecule has 0 N–H and O–H groups in total. The third-order valence-electron chi connectivity index (χ3n) is 6.32. The van der Waals surface area contributed by atoms with Crippen molar-refractivity contribution in [2.45, 2.75) is 39.0 Å². The Balaban J connectivity index is 1.47. The largest absolute Gasteiger partial charge is 0.497 e. The number of fused-ring (bicyclic) bond motifs is 1. The predicted octanol–water partition coefficient (Wildman–Crippen LogP) is 2.57. The summed E-state index contributed by atoms with van der Waals surface area (Å²) in [7, 11) is 5.53. The first kappa shape index (κ1) is 22.3. The topological polar surface area (TPSA) is 71.0 Å². The molecule has 4 rings (SSSR count). The van der Waals surface area contributed by atoms with Crippen LogP contribution in [0.4, 0.5) is 5.95 Å². The predicted molar refractivity (Wildman–Crippen MR) is 123 cm³/mol. The van der Waals surface area contributed by atoms with Crippen molar-refractivity contribution < 1.29 is 14.3 Å². The van der Waals surface area contributed by atoms with E-state index in [1.807, 2.05) is 54.5 Å². The molecular weight excluding hydrogens is 406 g/mol. The average Bonchev–Trinajstić information content (AvgIpc) is 2.99. The summed E-state index contributed by atoms with van der Waals surface area (Å²) in [5.74, 6) is 2.77. The van der Waals surface area contributed by atoms with Crippen LogP contribution in [0.2, 0.25) is 0 Å². The zero-order chi connectivity index (χ0) is 22.7. The van der Waals surface area contributed by atoms with Gasteiger partial charge in [0, 0.05) is 70.1 Å². The standard InChI is InChI=1S/C24H33N5O3/c1-17(30)29-15-20-10-21(31-4)7-8-22(20)32-23(16-29)19-6-5-9-28(14-19)13-18-11-25-24(26-12-18)27(2)3/h7-8,10-12,19,23H,5-6,9,13-16H2,1-4H3/t19-,23+/m1/s1. The number of aromatic nitrogens is 2. The molecule has 2 aromatic rings. The molecule has 0 unspecified atom stereocenters. The Hall–Kier alpha value is -2.87. The van der Waals surface area contributed by atoms with Gasteiger partial charge in [0.1, 0.15) is 17.6 Å². The van der Waals surface area contributed by atoms with E-state index in [2.05, 4.69) is 14.9 Å². The second-order valence-corrected chi connectivity index (χ2v) is 8.95. The van der Waals surface area contributed by atoms with Crippen LogP contribution >= 0.6 is 0 Å². The van der Waals surface area contributed by atoms with Crippen LogP contribution in [0.3, 0.4) is 0 Å². The van der Waals surface area contributed by atoms with Gasteiger partial charge in [0.15, 0.2) is 0 Å². The quantitative estimate of drug-likeness (QED) is 0.709. The molecule has 2 aliphatic heterocycles. The van der Waals surface area contributed by atoms with Crippen LogP contribution in [0, 0.1) is 5.92 Å². The van der Waals surface area contributed by atoms with Gasteiger partial charge >= 0.3 is 0 Å². The minimum absolute atomic E-state index is 0.0382. The zero-order valence-corrected chi connectivity index (χ0v) is 19.5. The normalized spacial score (nSPS) is 21.3. The van der Waals surface area contributed by atoms with Crippen molar-refractivity contribution in [3.63, 3.8) is 0 Å². The van der Waals surface area contributed by atoms with Crippen LogP contribution < -0.4 is 14.4 Å². The summed E-state index contributed by atoms with van der Waals surface area (Å²) in [5, 5.41) is 0. The van der Waals surface area contributed by atoms with Crippen LogP contribution in [-0.4, -0.2) is 72.6 Å². The number of carbonyl (C=O) groups excluding carboxylic acids is 1. The summed E-state index contributed by atoms with van der Waals surface area (Å²) in [6.45, 7) is 5.57. The molecule has 1 saturated heterocycles. The van der Waals surface area contributed by atoms with Crippen molar-refractivity contribution in [1.29, 1.82) is 0 Å². The number of amides is 1. The van der Waals surface area contributed by atoms with Gasteiger partial charge in [-0.2, -0.15) is 0 Å². The number of hydrogen-bond acceptors (Lipinski definition) is 7. The van der Waals surface area contributed by atoms with Gasteiger partial charge in [0.2, 0.25) is 11.9 Å². The molecule has 0 radical (unpaired) electrons. The molecule has 1 aromatic carbocycles. The van der Waals surface area contributed by atoms with Gasteiger partial charge < -0.3 is 19.3 Å². The van der Waals surface area contributed by atoms with Gasteiger partial charge in [-0.1, -0.05) is 0 Å². The highest BCUT2D eigenvalue weighted by molar-refractivity contribution is 5.73. The van der Waals surface area contributed by atoms with E-state index in [4.69, 9.17) is 9.47 Å². The van der Waals surface area contributed by atoms with Gasteiger partial charge in [-0.25, -0.2) is 9.97 Å². The Kier molecular flexibility index (Phi) is 6.79. The fourth-order valence-corrected chi connectivity index (χ4v) is 4.55. The SMILES string of the molecule is COc1ccc2c(c1)CN(C(C)=O)C[C@@H]([C@@H]1CCCN(Cc3cnc(N(C)C)nc3)C1)O2. The molecule has 1 amide bonds. The Morgan fingerprint density at radius 3 is 2.72 bits per heavy atom. The number of methoxy groups -OCH3 is 1. The van der Waals surface area contributed by atoms with Crippen molar-refractivity contribution >= 4 is 11.9 Å². The smallest absolute Gasteiger partial charge is 0.224 e. The Bertz CT molecular complexity index is 934. The van der Waals surface area contributed by atoms with Crippen LogP contribution in [0.1, 0.15) is 30.9 Å². The first-order chi connectivity index (χ1) is 15.4. The van der Waals surface area contributed by atoms with Crippen LogP contribution in [0.15, 0.2) is 30.6 Å². The van der Waals surface area contributed by atoms with Crippen molar-refractivity contribution in [2.75, 3.05) is 45.7 Å². The number of rotatable bonds is 5. The second kappa shape index (κ2) is 9.73. The van der Waals surface area contributed by atoms with Crippen LogP contribution in [-0.2, 0) is 17.9 Å². The Morgan fingerprint density at radius 2 is 2.03 bits per heavy atom. The molecule has 0 aliphatic carbocycles. The summed E-state index contributed by atoms with van der Waals surface area (Å²) in [6, 6.07) is 5.86. The van der Waals surface area contributed by atoms with E-state index >= 15 is 0 Å². The molecule has 32 heavy (non-hydrogen) atoms. The minimum Gasteiger partial charge on any atom is -0.497 e. The van der Waals surface area contributed by atoms with E-state index < -0.39 is 0 Å². The lowest BCUT2D eigenvalue weighted by molar-refractivity contribution is -0.130. The molecule has 2 aliphatic rings. The lowest BCUT2D eigenvalue weighted by Gasteiger charge is -2.37. The molecule has 172 valence electrons. The molecule has 0 spiro atoms. The molecule has 3 heterocycles. The molecule has 0 bridgehead atoms. The van der Waals surface area contributed by atoms with E-state index in [0.29, 0.717) is 19.0 Å². The van der Waals surface area contributed by atoms with Gasteiger partial charge in [0.05, 0.1) is 13.7 Å². The highest BCUT2D eigenvalue weighted by Crippen LogP contribution is 2.33. The summed E-state index contributed by atoms with van der Waals surface area (Å²) >= 11 is 0. The van der Waals surface area contributed by atoms with Gasteiger partial charge in [-0.3, -0.25) is 9.69 Å². The van der Waals surface area contributed by atoms with E-state index in [1.165, 1.54) is 0 Å². The number of benzene rings is 1. The van der Waals surface area contributed by atoms with E-state index in [-0.39, 0.29) is 12.0 Å². The maximum Gasteiger partial charge on any atom is 0.224 e. The lowest BCUT2D eigenvalue weighted by atomic mass is 9.91. The first-order valence-electron chi connectivity index (χ1n) is 11.2. The van der Waals surface area contributed by atoms with E-state index in [0.717, 1.165) is 61.1 Å². The first-order valence-corrected chi connectivity index (χ1v) is 11.2. The van der Waals surface area contributed by atoms with Crippen LogP contribution in [0.25, 0.3) is 0 Å². The Morgan fingerprint density at radius 1 is 1.25 bits per heavy atom. The molecule has 1 aromatic heterocycles. The molecule has 8 nitrogen and oxygen atoms in total. The lowest BCUT2D eigenvalue weighted by Crippen LogP contribution is -2.46. The monoisotopic (exact) mass is 439 g/mol. The summed E-state index contributed by atoms with van der Waals surface area (Å²) in [5.41, 5.74) is 2.11. The highest BCUT2D eigenvalue weighted by atomic mass is 16.5. The highest BCUT2D eigenvalue weighted by Gasteiger charge is 2.33. The minimum atomic E-state index is -0.0382. The van der Waals surface area contributed by atoms with Gasteiger partial charge in [-0.05, 0) is 37.6 Å². The van der Waals surface area contributed by atoms with Crippen molar-refractivity contribution in [3.8, 4) is 11.5 Å². The summed E-state index contributed by atoms with van der Waals surface area (Å²) in [6.07, 6.45) is 5.99. The Labute approximate surface area is 190 Å². The third-order valence-corrected chi connectivity index (χ3v) is 6.32. The van der Waals surface area contributed by atoms with Gasteiger partial charge in [0.25, 0.3) is 0 Å².